The van der Waals surface area contributed by atoms with Gasteiger partial charge in [-0.3, -0.25) is 9.78 Å². The van der Waals surface area contributed by atoms with E-state index in [0.717, 1.165) is 59.5 Å². The third-order valence-corrected chi connectivity index (χ3v) is 10.1. The molecule has 2 fully saturated rings. The van der Waals surface area contributed by atoms with Gasteiger partial charge in [-0.15, -0.1) is 0 Å². The van der Waals surface area contributed by atoms with Gasteiger partial charge < -0.3 is 24.3 Å². The zero-order valence-electron chi connectivity index (χ0n) is 27.4. The maximum Gasteiger partial charge on any atom is 0.318 e. The van der Waals surface area contributed by atoms with E-state index in [1.807, 2.05) is 18.2 Å². The van der Waals surface area contributed by atoms with E-state index >= 15 is 4.39 Å². The highest BCUT2D eigenvalue weighted by molar-refractivity contribution is 6.36. The Labute approximate surface area is 290 Å². The lowest BCUT2D eigenvalue weighted by Crippen LogP contribution is -2.56. The number of anilines is 2. The average molecular weight is 681 g/mol. The second kappa shape index (κ2) is 14.4. The highest BCUT2D eigenvalue weighted by atomic mass is 35.5. The van der Waals surface area contributed by atoms with Crippen molar-refractivity contribution in [2.45, 2.75) is 44.3 Å². The maximum atomic E-state index is 15.2. The first-order chi connectivity index (χ1) is 23.9. The summed E-state index contributed by atoms with van der Waals surface area (Å²) in [4.78, 5) is 35.4. The Morgan fingerprint density at radius 3 is 2.71 bits per heavy atom. The Bertz CT molecular complexity index is 1910. The highest BCUT2D eigenvalue weighted by Crippen LogP contribution is 2.37. The number of carbonyl (C=O) groups excluding carboxylic acids is 1. The number of halogens is 2. The lowest BCUT2D eigenvalue weighted by Gasteiger charge is -2.42. The summed E-state index contributed by atoms with van der Waals surface area (Å²) in [5.74, 6) is -0.871. The van der Waals surface area contributed by atoms with Crippen LogP contribution in [0.2, 0.25) is 5.02 Å². The first-order valence-electron chi connectivity index (χ1n) is 16.7. The largest absolute Gasteiger partial charge is 0.462 e. The predicted octanol–water partition coefficient (Wildman–Crippen LogP) is 5.66. The van der Waals surface area contributed by atoms with E-state index in [0.29, 0.717) is 55.3 Å². The van der Waals surface area contributed by atoms with Gasteiger partial charge in [-0.25, -0.2) is 4.39 Å². The van der Waals surface area contributed by atoms with Gasteiger partial charge in [-0.2, -0.15) is 15.2 Å². The fraction of sp³-hybridized carbons (Fsp3) is 0.378. The van der Waals surface area contributed by atoms with E-state index in [9.17, 15) is 10.1 Å². The molecule has 3 aliphatic rings. The van der Waals surface area contributed by atoms with Gasteiger partial charge in [0.2, 0.25) is 0 Å². The van der Waals surface area contributed by atoms with Gasteiger partial charge in [0, 0.05) is 61.3 Å². The van der Waals surface area contributed by atoms with E-state index in [1.54, 1.807) is 18.3 Å². The number of nitriles is 1. The lowest BCUT2D eigenvalue weighted by molar-refractivity contribution is -0.131. The summed E-state index contributed by atoms with van der Waals surface area (Å²) in [7, 11) is 2.11. The van der Waals surface area contributed by atoms with Crippen LogP contribution in [0.15, 0.2) is 66.8 Å². The number of carbonyl (C=O) groups is 1. The molecular formula is C37H38ClFN8O2. The van der Waals surface area contributed by atoms with Crippen LogP contribution in [0.4, 0.5) is 15.9 Å². The molecule has 0 bridgehead atoms. The minimum absolute atomic E-state index is 0.0582. The van der Waals surface area contributed by atoms with Crippen LogP contribution in [0.5, 0.6) is 6.01 Å². The number of hydrogen-bond acceptors (Lipinski definition) is 9. The molecule has 7 rings (SSSR count). The molecule has 4 aromatic rings. The number of fused-ring (bicyclic) bond motifs is 2. The number of rotatable bonds is 8. The SMILES string of the molecule is CN1CCC[C@H]1COc1nc2c(c(N3CCN(C(=O)/C(F)=C/c4cccnc4)[C@@H](CC#N)C3)n1)CCN(c1cccc3cccc(Cl)c13)C2. The van der Waals surface area contributed by atoms with Crippen molar-refractivity contribution in [3.8, 4) is 12.1 Å². The maximum absolute atomic E-state index is 15.2. The topological polar surface area (TPSA) is 102 Å². The van der Waals surface area contributed by atoms with Gasteiger partial charge in [-0.05, 0) is 68.1 Å². The molecule has 0 N–H and O–H groups in total. The molecule has 0 radical (unpaired) electrons. The molecule has 0 spiro atoms. The number of aromatic nitrogens is 3. The number of amides is 1. The predicted molar refractivity (Wildman–Crippen MR) is 188 cm³/mol. The molecule has 2 saturated heterocycles. The summed E-state index contributed by atoms with van der Waals surface area (Å²) >= 11 is 6.72. The molecule has 10 nitrogen and oxygen atoms in total. The molecule has 5 heterocycles. The van der Waals surface area contributed by atoms with Crippen molar-refractivity contribution in [3.05, 3.63) is 88.6 Å². The monoisotopic (exact) mass is 680 g/mol. The molecule has 252 valence electrons. The molecule has 2 aromatic carbocycles. The Kier molecular flexibility index (Phi) is 9.60. The van der Waals surface area contributed by atoms with Crippen molar-refractivity contribution in [1.29, 1.82) is 5.26 Å². The molecule has 49 heavy (non-hydrogen) atoms. The van der Waals surface area contributed by atoms with Crippen LogP contribution in [-0.2, 0) is 17.8 Å². The molecule has 1 amide bonds. The van der Waals surface area contributed by atoms with Crippen LogP contribution in [0.25, 0.3) is 16.8 Å². The number of ether oxygens (including phenoxy) is 1. The number of hydrogen-bond donors (Lipinski definition) is 0. The van der Waals surface area contributed by atoms with Gasteiger partial charge in [0.1, 0.15) is 12.4 Å². The van der Waals surface area contributed by atoms with Crippen LogP contribution < -0.4 is 14.5 Å². The van der Waals surface area contributed by atoms with Gasteiger partial charge in [0.05, 0.1) is 35.8 Å². The average Bonchev–Trinajstić information content (AvgIpc) is 3.54. The van der Waals surface area contributed by atoms with Crippen LogP contribution in [0.3, 0.4) is 0 Å². The van der Waals surface area contributed by atoms with Gasteiger partial charge in [0.15, 0.2) is 5.83 Å². The molecule has 0 saturated carbocycles. The van der Waals surface area contributed by atoms with E-state index in [-0.39, 0.29) is 13.0 Å². The van der Waals surface area contributed by atoms with Crippen molar-refractivity contribution in [3.63, 3.8) is 0 Å². The number of pyridine rings is 1. The molecule has 0 unspecified atom stereocenters. The van der Waals surface area contributed by atoms with Crippen molar-refractivity contribution in [1.82, 2.24) is 24.8 Å². The molecule has 12 heteroatoms. The third kappa shape index (κ3) is 6.89. The van der Waals surface area contributed by atoms with Gasteiger partial charge in [0.25, 0.3) is 5.91 Å². The van der Waals surface area contributed by atoms with Crippen LogP contribution >= 0.6 is 11.6 Å². The standard InChI is InChI=1S/C37H38ClFN8O2/c1-44-16-5-9-28(44)24-49-37-42-32-23-45(33-11-3-8-26-7-2-10-30(38)34(26)33)17-13-29(32)35(43-37)46-18-19-47(27(22-46)12-14-40)36(48)31(39)20-25-6-4-15-41-21-25/h2-4,6-8,10-11,15,20-21,27-28H,5,9,12-13,16-19,22-24H2,1H3/b31-20-/t27-,28-/m0/s1. The van der Waals surface area contributed by atoms with E-state index in [2.05, 4.69) is 51.0 Å². The first-order valence-corrected chi connectivity index (χ1v) is 17.1. The Hall–Kier alpha value is -4.79. The number of likely N-dealkylation sites (N-methyl/N-ethyl adjacent to an activating group) is 1. The molecule has 0 aliphatic carbocycles. The Balaban J connectivity index is 1.18. The lowest BCUT2D eigenvalue weighted by atomic mass is 10.0. The van der Waals surface area contributed by atoms with Crippen LogP contribution in [0.1, 0.15) is 36.1 Å². The summed E-state index contributed by atoms with van der Waals surface area (Å²) in [6.45, 7) is 3.78. The van der Waals surface area contributed by atoms with E-state index in [1.165, 1.54) is 17.2 Å². The minimum Gasteiger partial charge on any atom is -0.462 e. The van der Waals surface area contributed by atoms with Crippen molar-refractivity contribution < 1.29 is 13.9 Å². The van der Waals surface area contributed by atoms with Gasteiger partial charge >= 0.3 is 6.01 Å². The third-order valence-electron chi connectivity index (χ3n) is 9.82. The fourth-order valence-electron chi connectivity index (χ4n) is 7.22. The van der Waals surface area contributed by atoms with Crippen molar-refractivity contribution >= 4 is 45.9 Å². The molecular weight excluding hydrogens is 643 g/mol. The zero-order valence-corrected chi connectivity index (χ0v) is 28.2. The highest BCUT2D eigenvalue weighted by Gasteiger charge is 2.35. The quantitative estimate of drug-likeness (QED) is 0.218. The van der Waals surface area contributed by atoms with E-state index in [4.69, 9.17) is 26.3 Å². The summed E-state index contributed by atoms with van der Waals surface area (Å²) in [6.07, 6.45) is 7.20. The summed E-state index contributed by atoms with van der Waals surface area (Å²) < 4.78 is 21.5. The normalized spacial score (nSPS) is 20.0. The first kappa shape index (κ1) is 32.7. The second-order valence-electron chi connectivity index (χ2n) is 12.9. The van der Waals surface area contributed by atoms with E-state index < -0.39 is 17.8 Å². The number of piperazine rings is 1. The van der Waals surface area contributed by atoms with Gasteiger partial charge in [-0.1, -0.05) is 41.9 Å². The summed E-state index contributed by atoms with van der Waals surface area (Å²) in [5, 5.41) is 12.5. The van der Waals surface area contributed by atoms with Crippen molar-refractivity contribution in [2.75, 3.05) is 56.2 Å². The molecule has 2 aromatic heterocycles. The summed E-state index contributed by atoms with van der Waals surface area (Å²) in [6, 6.07) is 17.8. The Morgan fingerprint density at radius 2 is 1.94 bits per heavy atom. The Morgan fingerprint density at radius 1 is 1.08 bits per heavy atom. The number of likely N-dealkylation sites (tertiary alicyclic amines) is 1. The zero-order chi connectivity index (χ0) is 33.9. The number of benzene rings is 2. The fourth-order valence-corrected chi connectivity index (χ4v) is 7.50. The summed E-state index contributed by atoms with van der Waals surface area (Å²) in [5.41, 5.74) is 3.43. The smallest absolute Gasteiger partial charge is 0.318 e. The second-order valence-corrected chi connectivity index (χ2v) is 13.3. The number of nitrogens with zero attached hydrogens (tertiary/aromatic N) is 8. The van der Waals surface area contributed by atoms with Crippen LogP contribution in [0, 0.1) is 11.3 Å². The van der Waals surface area contributed by atoms with Crippen molar-refractivity contribution in [2.24, 2.45) is 0 Å². The minimum atomic E-state index is -0.884. The molecule has 3 aliphatic heterocycles. The molecule has 2 atom stereocenters. The van der Waals surface area contributed by atoms with Crippen LogP contribution in [-0.4, -0.2) is 89.1 Å².